The Hall–Kier alpha value is -1.75. The van der Waals surface area contributed by atoms with Crippen molar-refractivity contribution in [2.75, 3.05) is 25.4 Å². The molecule has 4 N–H and O–H groups in total. The van der Waals surface area contributed by atoms with Crippen LogP contribution in [0.5, 0.6) is 5.75 Å². The molecule has 0 saturated heterocycles. The van der Waals surface area contributed by atoms with Gasteiger partial charge in [-0.3, -0.25) is 9.69 Å². The minimum atomic E-state index is -0.317. The maximum atomic E-state index is 11.2. The van der Waals surface area contributed by atoms with Crippen molar-refractivity contribution < 1.29 is 9.53 Å². The third-order valence-corrected chi connectivity index (χ3v) is 2.99. The molecule has 0 aliphatic carbocycles. The molecular weight excluding hydrogens is 254 g/mol. The smallest absolute Gasteiger partial charge is 0.231 e. The summed E-state index contributed by atoms with van der Waals surface area (Å²) in [6.45, 7) is 6.36. The Morgan fingerprint density at radius 2 is 2.10 bits per heavy atom. The number of nitrogen functional groups attached to an aromatic ring is 1. The average Bonchev–Trinajstić information content (AvgIpc) is 2.38. The number of unbranched alkanes of at least 4 members (excludes halogenated alkanes) is 1. The molecule has 5 nitrogen and oxygen atoms in total. The van der Waals surface area contributed by atoms with E-state index in [9.17, 15) is 4.79 Å². The van der Waals surface area contributed by atoms with Gasteiger partial charge in [-0.25, -0.2) is 0 Å². The lowest BCUT2D eigenvalue weighted by atomic mass is 10.1. The number of carbonyl (C=O) groups excluding carboxylic acids is 1. The first kappa shape index (κ1) is 16.3. The molecule has 0 unspecified atom stereocenters. The first-order chi connectivity index (χ1) is 9.56. The van der Waals surface area contributed by atoms with Crippen LogP contribution in [-0.4, -0.2) is 30.5 Å². The molecule has 0 saturated carbocycles. The molecule has 0 spiro atoms. The predicted octanol–water partition coefficient (Wildman–Crippen LogP) is 1.75. The van der Waals surface area contributed by atoms with Gasteiger partial charge < -0.3 is 16.2 Å². The molecule has 0 aliphatic heterocycles. The Balaban J connectivity index is 2.84. The van der Waals surface area contributed by atoms with E-state index in [1.165, 1.54) is 0 Å². The molecule has 112 valence electrons. The molecule has 0 heterocycles. The van der Waals surface area contributed by atoms with Crippen LogP contribution in [0.3, 0.4) is 0 Å². The lowest BCUT2D eigenvalue weighted by molar-refractivity contribution is -0.119. The van der Waals surface area contributed by atoms with Gasteiger partial charge in [0.1, 0.15) is 5.75 Å². The highest BCUT2D eigenvalue weighted by Gasteiger charge is 2.12. The van der Waals surface area contributed by atoms with Gasteiger partial charge in [0.2, 0.25) is 5.91 Å². The highest BCUT2D eigenvalue weighted by molar-refractivity contribution is 5.75. The summed E-state index contributed by atoms with van der Waals surface area (Å²) in [5.74, 6) is 0.496. The lowest BCUT2D eigenvalue weighted by Crippen LogP contribution is -2.34. The van der Waals surface area contributed by atoms with E-state index < -0.39 is 0 Å². The van der Waals surface area contributed by atoms with Crippen LogP contribution in [0.4, 0.5) is 5.69 Å². The fourth-order valence-electron chi connectivity index (χ4n) is 2.08. The molecule has 0 radical (unpaired) electrons. The zero-order valence-corrected chi connectivity index (χ0v) is 12.4. The summed E-state index contributed by atoms with van der Waals surface area (Å²) in [5.41, 5.74) is 12.8. The number of hydrogen-bond acceptors (Lipinski definition) is 4. The third kappa shape index (κ3) is 5.48. The van der Waals surface area contributed by atoms with Gasteiger partial charge in [-0.2, -0.15) is 0 Å². The second-order valence-electron chi connectivity index (χ2n) is 4.83. The number of ether oxygens (including phenoxy) is 1. The van der Waals surface area contributed by atoms with Crippen LogP contribution in [0.1, 0.15) is 32.3 Å². The molecular formula is C15H25N3O2. The Labute approximate surface area is 120 Å². The van der Waals surface area contributed by atoms with Crippen molar-refractivity contribution in [3.8, 4) is 5.75 Å². The summed E-state index contributed by atoms with van der Waals surface area (Å²) in [7, 11) is 0. The van der Waals surface area contributed by atoms with Crippen LogP contribution in [0, 0.1) is 0 Å². The minimum Gasteiger partial charge on any atom is -0.494 e. The summed E-state index contributed by atoms with van der Waals surface area (Å²) in [5, 5.41) is 0. The summed E-state index contributed by atoms with van der Waals surface area (Å²) in [6, 6.07) is 5.58. The SMILES string of the molecule is CCCCN(CC(N)=O)Cc1cc(N)ccc1OCC. The zero-order chi connectivity index (χ0) is 15.0. The first-order valence-electron chi connectivity index (χ1n) is 7.08. The van der Waals surface area contributed by atoms with Crippen LogP contribution in [-0.2, 0) is 11.3 Å². The van der Waals surface area contributed by atoms with E-state index in [0.29, 0.717) is 18.8 Å². The fraction of sp³-hybridized carbons (Fsp3) is 0.533. The van der Waals surface area contributed by atoms with Gasteiger partial charge in [-0.15, -0.1) is 0 Å². The highest BCUT2D eigenvalue weighted by atomic mass is 16.5. The standard InChI is InChI=1S/C15H25N3O2/c1-3-5-8-18(11-15(17)19)10-12-9-13(16)6-7-14(12)20-4-2/h6-7,9H,3-5,8,10-11,16H2,1-2H3,(H2,17,19). The third-order valence-electron chi connectivity index (χ3n) is 2.99. The van der Waals surface area contributed by atoms with Crippen molar-refractivity contribution in [2.45, 2.75) is 33.2 Å². The van der Waals surface area contributed by atoms with Crippen LogP contribution >= 0.6 is 0 Å². The van der Waals surface area contributed by atoms with Gasteiger partial charge in [-0.05, 0) is 38.1 Å². The monoisotopic (exact) mass is 279 g/mol. The van der Waals surface area contributed by atoms with Crippen molar-refractivity contribution in [1.29, 1.82) is 0 Å². The van der Waals surface area contributed by atoms with Crippen molar-refractivity contribution in [3.63, 3.8) is 0 Å². The first-order valence-corrected chi connectivity index (χ1v) is 7.08. The van der Waals surface area contributed by atoms with Crippen LogP contribution < -0.4 is 16.2 Å². The number of carbonyl (C=O) groups is 1. The molecule has 5 heteroatoms. The van der Waals surface area contributed by atoms with E-state index in [0.717, 1.165) is 30.7 Å². The molecule has 0 aliphatic rings. The molecule has 0 fully saturated rings. The van der Waals surface area contributed by atoms with E-state index in [1.807, 2.05) is 30.0 Å². The number of rotatable bonds is 9. The normalized spacial score (nSPS) is 10.8. The predicted molar refractivity (Wildman–Crippen MR) is 81.4 cm³/mol. The molecule has 0 aromatic heterocycles. The molecule has 1 aromatic carbocycles. The number of nitrogens with zero attached hydrogens (tertiary/aromatic N) is 1. The topological polar surface area (TPSA) is 81.6 Å². The van der Waals surface area contributed by atoms with Gasteiger partial charge in [0.15, 0.2) is 0 Å². The molecule has 1 amide bonds. The summed E-state index contributed by atoms with van der Waals surface area (Å²) < 4.78 is 5.60. The van der Waals surface area contributed by atoms with Gasteiger partial charge >= 0.3 is 0 Å². The number of nitrogens with two attached hydrogens (primary N) is 2. The van der Waals surface area contributed by atoms with E-state index in [2.05, 4.69) is 6.92 Å². The Morgan fingerprint density at radius 1 is 1.35 bits per heavy atom. The van der Waals surface area contributed by atoms with Gasteiger partial charge in [0.05, 0.1) is 13.2 Å². The summed E-state index contributed by atoms with van der Waals surface area (Å²) in [6.07, 6.45) is 2.10. The zero-order valence-electron chi connectivity index (χ0n) is 12.4. The largest absolute Gasteiger partial charge is 0.494 e. The number of amides is 1. The quantitative estimate of drug-likeness (QED) is 0.675. The summed E-state index contributed by atoms with van der Waals surface area (Å²) >= 11 is 0. The lowest BCUT2D eigenvalue weighted by Gasteiger charge is -2.22. The van der Waals surface area contributed by atoms with Gasteiger partial charge in [-0.1, -0.05) is 13.3 Å². The van der Waals surface area contributed by atoms with E-state index in [-0.39, 0.29) is 12.5 Å². The van der Waals surface area contributed by atoms with E-state index >= 15 is 0 Å². The van der Waals surface area contributed by atoms with E-state index in [1.54, 1.807) is 0 Å². The van der Waals surface area contributed by atoms with Crippen molar-refractivity contribution in [1.82, 2.24) is 4.90 Å². The minimum absolute atomic E-state index is 0.250. The number of anilines is 1. The van der Waals surface area contributed by atoms with E-state index in [4.69, 9.17) is 16.2 Å². The molecule has 1 rings (SSSR count). The summed E-state index contributed by atoms with van der Waals surface area (Å²) in [4.78, 5) is 13.2. The van der Waals surface area contributed by atoms with Gasteiger partial charge in [0.25, 0.3) is 0 Å². The maximum absolute atomic E-state index is 11.2. The van der Waals surface area contributed by atoms with Crippen LogP contribution in [0.2, 0.25) is 0 Å². The van der Waals surface area contributed by atoms with Crippen molar-refractivity contribution in [2.24, 2.45) is 5.73 Å². The van der Waals surface area contributed by atoms with Crippen LogP contribution in [0.25, 0.3) is 0 Å². The molecule has 0 atom stereocenters. The average molecular weight is 279 g/mol. The molecule has 0 bridgehead atoms. The second kappa shape index (κ2) is 8.43. The molecule has 1 aromatic rings. The Bertz CT molecular complexity index is 435. The van der Waals surface area contributed by atoms with Crippen molar-refractivity contribution >= 4 is 11.6 Å². The van der Waals surface area contributed by atoms with Gasteiger partial charge in [0, 0.05) is 17.8 Å². The maximum Gasteiger partial charge on any atom is 0.231 e. The van der Waals surface area contributed by atoms with Crippen molar-refractivity contribution in [3.05, 3.63) is 23.8 Å². The Kier molecular flexibility index (Phi) is 6.87. The Morgan fingerprint density at radius 3 is 2.70 bits per heavy atom. The number of hydrogen-bond donors (Lipinski definition) is 2. The second-order valence-corrected chi connectivity index (χ2v) is 4.83. The number of primary amides is 1. The fourth-order valence-corrected chi connectivity index (χ4v) is 2.08. The molecule has 20 heavy (non-hydrogen) atoms. The highest BCUT2D eigenvalue weighted by Crippen LogP contribution is 2.23. The van der Waals surface area contributed by atoms with Crippen LogP contribution in [0.15, 0.2) is 18.2 Å². The number of benzene rings is 1.